The van der Waals surface area contributed by atoms with E-state index in [0.717, 1.165) is 32.3 Å². The van der Waals surface area contributed by atoms with E-state index in [-0.39, 0.29) is 11.5 Å². The van der Waals surface area contributed by atoms with Crippen molar-refractivity contribution in [3.05, 3.63) is 0 Å². The molecular formula is C16H28O2. The molecule has 1 aliphatic carbocycles. The van der Waals surface area contributed by atoms with Gasteiger partial charge in [0.05, 0.1) is 5.60 Å². The molecule has 1 aliphatic heterocycles. The number of ether oxygens (including phenoxy) is 1. The predicted molar refractivity (Wildman–Crippen MR) is 73.6 cm³/mol. The molecule has 0 bridgehead atoms. The standard InChI is InChI=1S/C16H28O2/c1-13(2)6-7-15(17)14-8-11-18-16(12-14)9-4-3-5-10-16/h13-14H,3-12H2,1-2H3. The minimum atomic E-state index is 0.0780. The fourth-order valence-electron chi connectivity index (χ4n) is 3.48. The highest BCUT2D eigenvalue weighted by Crippen LogP contribution is 2.41. The topological polar surface area (TPSA) is 26.3 Å². The van der Waals surface area contributed by atoms with Crippen molar-refractivity contribution in [2.24, 2.45) is 11.8 Å². The molecule has 2 heteroatoms. The van der Waals surface area contributed by atoms with Gasteiger partial charge >= 0.3 is 0 Å². The number of hydrogen-bond donors (Lipinski definition) is 0. The first-order valence-corrected chi connectivity index (χ1v) is 7.78. The Labute approximate surface area is 111 Å². The zero-order valence-electron chi connectivity index (χ0n) is 12.0. The summed E-state index contributed by atoms with van der Waals surface area (Å²) in [5.41, 5.74) is 0.0780. The maximum atomic E-state index is 12.3. The molecular weight excluding hydrogens is 224 g/mol. The van der Waals surface area contributed by atoms with Crippen LogP contribution < -0.4 is 0 Å². The Morgan fingerprint density at radius 3 is 2.67 bits per heavy atom. The molecule has 104 valence electrons. The highest BCUT2D eigenvalue weighted by molar-refractivity contribution is 5.81. The number of Topliss-reactive ketones (excluding diaryl/α,β-unsaturated/α-hetero) is 1. The molecule has 2 nitrogen and oxygen atoms in total. The van der Waals surface area contributed by atoms with Crippen LogP contribution in [0.5, 0.6) is 0 Å². The zero-order valence-corrected chi connectivity index (χ0v) is 12.0. The normalized spacial score (nSPS) is 27.6. The van der Waals surface area contributed by atoms with Gasteiger partial charge in [-0.2, -0.15) is 0 Å². The van der Waals surface area contributed by atoms with Crippen molar-refractivity contribution in [1.29, 1.82) is 0 Å². The van der Waals surface area contributed by atoms with Crippen LogP contribution in [-0.2, 0) is 9.53 Å². The molecule has 2 rings (SSSR count). The van der Waals surface area contributed by atoms with Gasteiger partial charge in [0.25, 0.3) is 0 Å². The van der Waals surface area contributed by atoms with Crippen LogP contribution in [0.15, 0.2) is 0 Å². The fraction of sp³-hybridized carbons (Fsp3) is 0.938. The molecule has 0 aromatic carbocycles. The van der Waals surface area contributed by atoms with Gasteiger partial charge in [-0.1, -0.05) is 33.1 Å². The molecule has 0 radical (unpaired) electrons. The molecule has 1 heterocycles. The van der Waals surface area contributed by atoms with E-state index in [1.807, 2.05) is 0 Å². The summed E-state index contributed by atoms with van der Waals surface area (Å²) in [6.45, 7) is 5.19. The summed E-state index contributed by atoms with van der Waals surface area (Å²) >= 11 is 0. The van der Waals surface area contributed by atoms with Gasteiger partial charge in [-0.3, -0.25) is 4.79 Å². The minimum Gasteiger partial charge on any atom is -0.375 e. The van der Waals surface area contributed by atoms with E-state index in [0.29, 0.717) is 11.7 Å². The third-order valence-corrected chi connectivity index (χ3v) is 4.68. The Kier molecular flexibility index (Phi) is 4.83. The smallest absolute Gasteiger partial charge is 0.136 e. The maximum absolute atomic E-state index is 12.3. The van der Waals surface area contributed by atoms with Gasteiger partial charge in [-0.15, -0.1) is 0 Å². The first-order valence-electron chi connectivity index (χ1n) is 7.78. The van der Waals surface area contributed by atoms with E-state index >= 15 is 0 Å². The van der Waals surface area contributed by atoms with Gasteiger partial charge in [-0.05, 0) is 38.0 Å². The second-order valence-electron chi connectivity index (χ2n) is 6.68. The molecule has 0 aromatic heterocycles. The molecule has 1 unspecified atom stereocenters. The molecule has 2 fully saturated rings. The molecule has 1 saturated heterocycles. The Morgan fingerprint density at radius 1 is 1.28 bits per heavy atom. The molecule has 0 aromatic rings. The first kappa shape index (κ1) is 14.0. The highest BCUT2D eigenvalue weighted by Gasteiger charge is 2.40. The molecule has 0 N–H and O–H groups in total. The van der Waals surface area contributed by atoms with Crippen LogP contribution in [0.4, 0.5) is 0 Å². The summed E-state index contributed by atoms with van der Waals surface area (Å²) in [5, 5.41) is 0. The van der Waals surface area contributed by atoms with Crippen molar-refractivity contribution >= 4 is 5.78 Å². The molecule has 18 heavy (non-hydrogen) atoms. The average molecular weight is 252 g/mol. The Morgan fingerprint density at radius 2 is 2.00 bits per heavy atom. The van der Waals surface area contributed by atoms with Crippen molar-refractivity contribution in [3.8, 4) is 0 Å². The van der Waals surface area contributed by atoms with Gasteiger partial charge < -0.3 is 4.74 Å². The van der Waals surface area contributed by atoms with Crippen LogP contribution in [0.25, 0.3) is 0 Å². The van der Waals surface area contributed by atoms with Crippen molar-refractivity contribution in [2.75, 3.05) is 6.61 Å². The lowest BCUT2D eigenvalue weighted by Crippen LogP contribution is -2.43. The van der Waals surface area contributed by atoms with Crippen molar-refractivity contribution in [2.45, 2.75) is 77.2 Å². The largest absolute Gasteiger partial charge is 0.375 e. The van der Waals surface area contributed by atoms with Gasteiger partial charge in [0.2, 0.25) is 0 Å². The molecule has 1 spiro atoms. The number of carbonyl (C=O) groups is 1. The highest BCUT2D eigenvalue weighted by atomic mass is 16.5. The van der Waals surface area contributed by atoms with Gasteiger partial charge in [0.15, 0.2) is 0 Å². The molecule has 0 amide bonds. The maximum Gasteiger partial charge on any atom is 0.136 e. The third kappa shape index (κ3) is 3.57. The van der Waals surface area contributed by atoms with Crippen molar-refractivity contribution < 1.29 is 9.53 Å². The number of hydrogen-bond acceptors (Lipinski definition) is 2. The van der Waals surface area contributed by atoms with Crippen LogP contribution >= 0.6 is 0 Å². The van der Waals surface area contributed by atoms with Crippen molar-refractivity contribution in [3.63, 3.8) is 0 Å². The van der Waals surface area contributed by atoms with Crippen molar-refractivity contribution in [1.82, 2.24) is 0 Å². The summed E-state index contributed by atoms with van der Waals surface area (Å²) in [6.07, 6.45) is 10.1. The summed E-state index contributed by atoms with van der Waals surface area (Å²) in [7, 11) is 0. The number of carbonyl (C=O) groups excluding carboxylic acids is 1. The van der Waals surface area contributed by atoms with E-state index in [1.165, 1.54) is 32.1 Å². The average Bonchev–Trinajstić information content (AvgIpc) is 2.37. The van der Waals surface area contributed by atoms with E-state index in [9.17, 15) is 4.79 Å². The Hall–Kier alpha value is -0.370. The molecule has 1 atom stereocenters. The van der Waals surface area contributed by atoms with Crippen LogP contribution in [0.3, 0.4) is 0 Å². The number of ketones is 1. The van der Waals surface area contributed by atoms with Crippen LogP contribution in [0.2, 0.25) is 0 Å². The second kappa shape index (κ2) is 6.18. The summed E-state index contributed by atoms with van der Waals surface area (Å²) < 4.78 is 6.06. The first-order chi connectivity index (χ1) is 8.61. The SMILES string of the molecule is CC(C)CCC(=O)C1CCOC2(CCCCC2)C1. The van der Waals surface area contributed by atoms with E-state index in [1.54, 1.807) is 0 Å². The zero-order chi connectivity index (χ0) is 13.0. The van der Waals surface area contributed by atoms with E-state index in [2.05, 4.69) is 13.8 Å². The molecule has 1 saturated carbocycles. The quantitative estimate of drug-likeness (QED) is 0.752. The predicted octanol–water partition coefficient (Wildman–Crippen LogP) is 4.12. The Bertz CT molecular complexity index is 271. The van der Waals surface area contributed by atoms with E-state index in [4.69, 9.17) is 4.74 Å². The summed E-state index contributed by atoms with van der Waals surface area (Å²) in [5.74, 6) is 1.42. The van der Waals surface area contributed by atoms with Crippen LogP contribution in [-0.4, -0.2) is 18.0 Å². The van der Waals surface area contributed by atoms with E-state index < -0.39 is 0 Å². The van der Waals surface area contributed by atoms with Crippen LogP contribution in [0.1, 0.15) is 71.6 Å². The minimum absolute atomic E-state index is 0.0780. The second-order valence-corrected chi connectivity index (χ2v) is 6.68. The lowest BCUT2D eigenvalue weighted by molar-refractivity contribution is -0.143. The Balaban J connectivity index is 1.87. The third-order valence-electron chi connectivity index (χ3n) is 4.68. The number of rotatable bonds is 4. The van der Waals surface area contributed by atoms with Gasteiger partial charge in [-0.25, -0.2) is 0 Å². The summed E-state index contributed by atoms with van der Waals surface area (Å²) in [4.78, 5) is 12.3. The fourth-order valence-corrected chi connectivity index (χ4v) is 3.48. The lowest BCUT2D eigenvalue weighted by Gasteiger charge is -2.43. The monoisotopic (exact) mass is 252 g/mol. The van der Waals surface area contributed by atoms with Gasteiger partial charge in [0, 0.05) is 18.9 Å². The van der Waals surface area contributed by atoms with Gasteiger partial charge in [0.1, 0.15) is 5.78 Å². The lowest BCUT2D eigenvalue weighted by atomic mass is 9.74. The molecule has 2 aliphatic rings. The van der Waals surface area contributed by atoms with Crippen LogP contribution in [0, 0.1) is 11.8 Å². The summed E-state index contributed by atoms with van der Waals surface area (Å²) in [6, 6.07) is 0.